The Hall–Kier alpha value is -0.610. The van der Waals surface area contributed by atoms with Gasteiger partial charge >= 0.3 is 0 Å². The molecular formula is C15H29N3S. The van der Waals surface area contributed by atoms with Crippen LogP contribution in [0.1, 0.15) is 57.1 Å². The largest absolute Gasteiger partial charge is 0.351 e. The van der Waals surface area contributed by atoms with Crippen LogP contribution in [-0.4, -0.2) is 25.1 Å². The van der Waals surface area contributed by atoms with E-state index in [4.69, 9.17) is 4.98 Å². The van der Waals surface area contributed by atoms with E-state index in [1.165, 1.54) is 23.4 Å². The van der Waals surface area contributed by atoms with Gasteiger partial charge in [0.1, 0.15) is 0 Å². The summed E-state index contributed by atoms with van der Waals surface area (Å²) in [6.07, 6.45) is 2.39. The number of hydrogen-bond acceptors (Lipinski definition) is 4. The molecule has 0 aliphatic rings. The molecule has 2 atom stereocenters. The lowest BCUT2D eigenvalue weighted by molar-refractivity contribution is 0.559. The molecule has 1 aromatic rings. The van der Waals surface area contributed by atoms with Crippen molar-refractivity contribution in [2.75, 3.05) is 25.0 Å². The van der Waals surface area contributed by atoms with Gasteiger partial charge in [-0.05, 0) is 32.7 Å². The average Bonchev–Trinajstić information content (AvgIpc) is 2.78. The SMILES string of the molecule is CCCNC(C)c1sc(N(C)CC(C)CC)nc1C. The molecule has 2 unspecified atom stereocenters. The third-order valence-electron chi connectivity index (χ3n) is 3.52. The fourth-order valence-electron chi connectivity index (χ4n) is 2.09. The maximum Gasteiger partial charge on any atom is 0.185 e. The van der Waals surface area contributed by atoms with Crippen LogP contribution in [0.3, 0.4) is 0 Å². The van der Waals surface area contributed by atoms with Crippen molar-refractivity contribution >= 4 is 16.5 Å². The Balaban J connectivity index is 2.72. The minimum Gasteiger partial charge on any atom is -0.351 e. The molecule has 1 N–H and O–H groups in total. The molecule has 0 aliphatic carbocycles. The fourth-order valence-corrected chi connectivity index (χ4v) is 3.15. The highest BCUT2D eigenvalue weighted by Crippen LogP contribution is 2.30. The second-order valence-corrected chi connectivity index (χ2v) is 6.52. The van der Waals surface area contributed by atoms with E-state index in [0.717, 1.165) is 18.2 Å². The molecule has 0 fully saturated rings. The molecule has 4 heteroatoms. The topological polar surface area (TPSA) is 28.2 Å². The third-order valence-corrected chi connectivity index (χ3v) is 4.98. The molecule has 3 nitrogen and oxygen atoms in total. The molecule has 0 bridgehead atoms. The average molecular weight is 283 g/mol. The molecule has 0 amide bonds. The first-order valence-electron chi connectivity index (χ1n) is 7.41. The number of thiazole rings is 1. The Morgan fingerprint density at radius 2 is 2.00 bits per heavy atom. The first-order valence-corrected chi connectivity index (χ1v) is 8.23. The number of nitrogens with one attached hydrogen (secondary N) is 1. The lowest BCUT2D eigenvalue weighted by atomic mass is 10.1. The van der Waals surface area contributed by atoms with Crippen LogP contribution in [0.2, 0.25) is 0 Å². The summed E-state index contributed by atoms with van der Waals surface area (Å²) in [6.45, 7) is 13.2. The lowest BCUT2D eigenvalue weighted by Gasteiger charge is -2.19. The van der Waals surface area contributed by atoms with Crippen molar-refractivity contribution in [1.82, 2.24) is 10.3 Å². The number of rotatable bonds is 8. The molecule has 0 saturated carbocycles. The highest BCUT2D eigenvalue weighted by molar-refractivity contribution is 7.15. The van der Waals surface area contributed by atoms with Crippen LogP contribution < -0.4 is 10.2 Å². The molecule has 19 heavy (non-hydrogen) atoms. The van der Waals surface area contributed by atoms with Gasteiger partial charge in [0.25, 0.3) is 0 Å². The summed E-state index contributed by atoms with van der Waals surface area (Å²) in [6, 6.07) is 0.406. The summed E-state index contributed by atoms with van der Waals surface area (Å²) in [4.78, 5) is 8.40. The molecule has 1 rings (SSSR count). The van der Waals surface area contributed by atoms with Crippen molar-refractivity contribution in [2.45, 2.75) is 53.5 Å². The van der Waals surface area contributed by atoms with Gasteiger partial charge in [-0.1, -0.05) is 27.2 Å². The summed E-state index contributed by atoms with van der Waals surface area (Å²) in [5.74, 6) is 0.716. The first kappa shape index (κ1) is 16.4. The standard InChI is InChI=1S/C15H29N3S/c1-7-9-16-12(4)14-13(5)17-15(19-14)18(6)10-11(3)8-2/h11-12,16H,7-10H2,1-6H3. The van der Waals surface area contributed by atoms with E-state index in [0.29, 0.717) is 12.0 Å². The normalized spacial score (nSPS) is 14.4. The number of aromatic nitrogens is 1. The summed E-state index contributed by atoms with van der Waals surface area (Å²) in [5.41, 5.74) is 1.17. The zero-order chi connectivity index (χ0) is 14.4. The highest BCUT2D eigenvalue weighted by atomic mass is 32.1. The quantitative estimate of drug-likeness (QED) is 0.782. The predicted molar refractivity (Wildman–Crippen MR) is 86.3 cm³/mol. The Bertz CT molecular complexity index is 375. The van der Waals surface area contributed by atoms with E-state index in [-0.39, 0.29) is 0 Å². The molecular weight excluding hydrogens is 254 g/mol. The van der Waals surface area contributed by atoms with Crippen LogP contribution in [0.4, 0.5) is 5.13 Å². The molecule has 0 saturated heterocycles. The van der Waals surface area contributed by atoms with Crippen molar-refractivity contribution in [2.24, 2.45) is 5.92 Å². The fraction of sp³-hybridized carbons (Fsp3) is 0.800. The van der Waals surface area contributed by atoms with Crippen LogP contribution in [0.25, 0.3) is 0 Å². The second kappa shape index (κ2) is 7.85. The third kappa shape index (κ3) is 4.77. The number of nitrogens with zero attached hydrogens (tertiary/aromatic N) is 2. The van der Waals surface area contributed by atoms with Crippen molar-refractivity contribution in [1.29, 1.82) is 0 Å². The molecule has 0 spiro atoms. The molecule has 0 aliphatic heterocycles. The van der Waals surface area contributed by atoms with E-state index in [9.17, 15) is 0 Å². The predicted octanol–water partition coefficient (Wildman–Crippen LogP) is 3.99. The minimum absolute atomic E-state index is 0.406. The van der Waals surface area contributed by atoms with Crippen LogP contribution in [0.15, 0.2) is 0 Å². The van der Waals surface area contributed by atoms with Gasteiger partial charge in [-0.3, -0.25) is 0 Å². The van der Waals surface area contributed by atoms with Crippen LogP contribution in [-0.2, 0) is 0 Å². The molecule has 1 aromatic heterocycles. The van der Waals surface area contributed by atoms with Crippen LogP contribution in [0, 0.1) is 12.8 Å². The lowest BCUT2D eigenvalue weighted by Crippen LogP contribution is -2.23. The number of hydrogen-bond donors (Lipinski definition) is 1. The Labute approximate surface area is 122 Å². The van der Waals surface area contributed by atoms with Gasteiger partial charge in [0.15, 0.2) is 5.13 Å². The molecule has 110 valence electrons. The molecule has 1 heterocycles. The monoisotopic (exact) mass is 283 g/mol. The minimum atomic E-state index is 0.406. The van der Waals surface area contributed by atoms with Crippen molar-refractivity contribution in [3.8, 4) is 0 Å². The van der Waals surface area contributed by atoms with Gasteiger partial charge in [-0.15, -0.1) is 11.3 Å². The molecule has 0 radical (unpaired) electrons. The van der Waals surface area contributed by atoms with Crippen molar-refractivity contribution in [3.63, 3.8) is 0 Å². The summed E-state index contributed by atoms with van der Waals surface area (Å²) >= 11 is 1.83. The van der Waals surface area contributed by atoms with Crippen LogP contribution in [0.5, 0.6) is 0 Å². The second-order valence-electron chi connectivity index (χ2n) is 5.52. The summed E-state index contributed by atoms with van der Waals surface area (Å²) in [5, 5.41) is 4.70. The summed E-state index contributed by atoms with van der Waals surface area (Å²) < 4.78 is 0. The molecule has 0 aromatic carbocycles. The zero-order valence-electron chi connectivity index (χ0n) is 13.3. The first-order chi connectivity index (χ1) is 8.99. The maximum atomic E-state index is 4.73. The zero-order valence-corrected chi connectivity index (χ0v) is 14.1. The summed E-state index contributed by atoms with van der Waals surface area (Å²) in [7, 11) is 2.15. The van der Waals surface area contributed by atoms with E-state index in [2.05, 4.69) is 51.9 Å². The van der Waals surface area contributed by atoms with E-state index in [1.807, 2.05) is 11.3 Å². The van der Waals surface area contributed by atoms with Crippen molar-refractivity contribution < 1.29 is 0 Å². The highest BCUT2D eigenvalue weighted by Gasteiger charge is 2.16. The van der Waals surface area contributed by atoms with E-state index >= 15 is 0 Å². The van der Waals surface area contributed by atoms with Gasteiger partial charge in [0.2, 0.25) is 0 Å². The Morgan fingerprint density at radius 3 is 2.58 bits per heavy atom. The van der Waals surface area contributed by atoms with Gasteiger partial charge in [0, 0.05) is 24.5 Å². The van der Waals surface area contributed by atoms with Gasteiger partial charge in [0.05, 0.1) is 5.69 Å². The maximum absolute atomic E-state index is 4.73. The van der Waals surface area contributed by atoms with Crippen molar-refractivity contribution in [3.05, 3.63) is 10.6 Å². The van der Waals surface area contributed by atoms with Crippen LogP contribution >= 0.6 is 11.3 Å². The van der Waals surface area contributed by atoms with Gasteiger partial charge < -0.3 is 10.2 Å². The van der Waals surface area contributed by atoms with E-state index < -0.39 is 0 Å². The Morgan fingerprint density at radius 1 is 1.32 bits per heavy atom. The number of anilines is 1. The van der Waals surface area contributed by atoms with Gasteiger partial charge in [-0.25, -0.2) is 4.98 Å². The number of aryl methyl sites for hydroxylation is 1. The van der Waals surface area contributed by atoms with E-state index in [1.54, 1.807) is 0 Å². The Kier molecular flexibility index (Phi) is 6.80. The van der Waals surface area contributed by atoms with Gasteiger partial charge in [-0.2, -0.15) is 0 Å². The smallest absolute Gasteiger partial charge is 0.185 e.